The molecule has 3 aliphatic rings. The van der Waals surface area contributed by atoms with E-state index in [1.54, 1.807) is 24.3 Å². The molecule has 2 saturated carbocycles. The zero-order chi connectivity index (χ0) is 22.5. The van der Waals surface area contributed by atoms with E-state index in [2.05, 4.69) is 12.1 Å². The molecule has 7 heteroatoms. The highest BCUT2D eigenvalue weighted by atomic mass is 16.6. The van der Waals surface area contributed by atoms with Gasteiger partial charge in [-0.15, -0.1) is 0 Å². The summed E-state index contributed by atoms with van der Waals surface area (Å²) in [7, 11) is 0. The molecule has 0 aromatic heterocycles. The summed E-state index contributed by atoms with van der Waals surface area (Å²) in [4.78, 5) is 16.1. The van der Waals surface area contributed by atoms with Crippen molar-refractivity contribution in [3.05, 3.63) is 69.3 Å². The first-order valence-electron chi connectivity index (χ1n) is 11.3. The van der Waals surface area contributed by atoms with Gasteiger partial charge in [0.1, 0.15) is 12.4 Å². The molecule has 0 heterocycles. The normalized spacial score (nSPS) is 32.1. The Hall–Kier alpha value is -2.93. The summed E-state index contributed by atoms with van der Waals surface area (Å²) >= 11 is 0. The standard InChI is InChI=1S/C25H28N2O5/c1-25-11-10-19-18-7-6-17(28)12-21(18)23(13-20(19)22(25)8-9-24(25)29)26-32-14-15-2-4-16(5-3-15)27(30)31/h2-7,12,19-20,22,24,28-29H,8-11,13-14H2,1H3/t19-,20-,22+,24+,25+/m1/s1. The summed E-state index contributed by atoms with van der Waals surface area (Å²) in [5.41, 5.74) is 3.78. The molecule has 2 aromatic rings. The Morgan fingerprint density at radius 2 is 1.97 bits per heavy atom. The van der Waals surface area contributed by atoms with Gasteiger partial charge in [-0.05, 0) is 90.7 Å². The molecule has 0 bridgehead atoms. The maximum absolute atomic E-state index is 10.8. The number of nitrogens with zero attached hydrogens (tertiary/aromatic N) is 2. The van der Waals surface area contributed by atoms with E-state index < -0.39 is 4.92 Å². The van der Waals surface area contributed by atoms with Crippen LogP contribution in [-0.2, 0) is 11.4 Å². The molecule has 0 radical (unpaired) electrons. The minimum atomic E-state index is -0.426. The number of aromatic hydroxyl groups is 1. The highest BCUT2D eigenvalue weighted by molar-refractivity contribution is 6.03. The molecular weight excluding hydrogens is 408 g/mol. The molecule has 168 valence electrons. The van der Waals surface area contributed by atoms with Gasteiger partial charge in [-0.2, -0.15) is 0 Å². The van der Waals surface area contributed by atoms with Crippen LogP contribution in [-0.4, -0.2) is 27.0 Å². The van der Waals surface area contributed by atoms with E-state index in [9.17, 15) is 20.3 Å². The van der Waals surface area contributed by atoms with E-state index >= 15 is 0 Å². The molecule has 2 aromatic carbocycles. The molecule has 7 nitrogen and oxygen atoms in total. The minimum absolute atomic E-state index is 0.0414. The minimum Gasteiger partial charge on any atom is -0.508 e. The first kappa shape index (κ1) is 20.9. The monoisotopic (exact) mass is 436 g/mol. The number of non-ortho nitro benzene ring substituents is 1. The molecule has 3 aliphatic carbocycles. The van der Waals surface area contributed by atoms with Gasteiger partial charge in [-0.1, -0.05) is 18.1 Å². The van der Waals surface area contributed by atoms with Crippen LogP contribution in [0.3, 0.4) is 0 Å². The van der Waals surface area contributed by atoms with Gasteiger partial charge >= 0.3 is 0 Å². The topological polar surface area (TPSA) is 105 Å². The number of phenolic OH excluding ortho intramolecular Hbond substituents is 1. The fourth-order valence-electron chi connectivity index (χ4n) is 6.37. The molecule has 5 atom stereocenters. The number of fused-ring (bicyclic) bond motifs is 5. The zero-order valence-electron chi connectivity index (χ0n) is 18.1. The van der Waals surface area contributed by atoms with Crippen molar-refractivity contribution in [3.63, 3.8) is 0 Å². The molecule has 32 heavy (non-hydrogen) atoms. The fourth-order valence-corrected chi connectivity index (χ4v) is 6.37. The number of benzene rings is 2. The number of oxime groups is 1. The van der Waals surface area contributed by atoms with E-state index in [-0.39, 0.29) is 29.6 Å². The third-order valence-electron chi connectivity index (χ3n) is 8.12. The van der Waals surface area contributed by atoms with Gasteiger partial charge in [0, 0.05) is 17.7 Å². The van der Waals surface area contributed by atoms with E-state index in [4.69, 9.17) is 4.84 Å². The van der Waals surface area contributed by atoms with Crippen LogP contribution in [0.5, 0.6) is 5.75 Å². The lowest BCUT2D eigenvalue weighted by Gasteiger charge is -2.50. The Labute approximate surface area is 186 Å². The average Bonchev–Trinajstić information content (AvgIpc) is 3.09. The summed E-state index contributed by atoms with van der Waals surface area (Å²) in [6.45, 7) is 2.45. The molecule has 2 N–H and O–H groups in total. The van der Waals surface area contributed by atoms with Crippen LogP contribution in [0.15, 0.2) is 47.6 Å². The lowest BCUT2D eigenvalue weighted by molar-refractivity contribution is -0.384. The van der Waals surface area contributed by atoms with E-state index in [1.807, 2.05) is 6.07 Å². The van der Waals surface area contributed by atoms with Gasteiger partial charge in [0.15, 0.2) is 0 Å². The lowest BCUT2D eigenvalue weighted by Crippen LogP contribution is -2.45. The molecule has 2 fully saturated rings. The number of aliphatic hydroxyl groups excluding tert-OH is 1. The number of nitro benzene ring substituents is 1. The van der Waals surface area contributed by atoms with Crippen molar-refractivity contribution < 1.29 is 20.0 Å². The van der Waals surface area contributed by atoms with Crippen LogP contribution >= 0.6 is 0 Å². The Morgan fingerprint density at radius 3 is 2.72 bits per heavy atom. The van der Waals surface area contributed by atoms with Crippen molar-refractivity contribution in [2.24, 2.45) is 22.4 Å². The van der Waals surface area contributed by atoms with Crippen molar-refractivity contribution in [1.29, 1.82) is 0 Å². The quantitative estimate of drug-likeness (QED) is 0.524. The second-order valence-corrected chi connectivity index (χ2v) is 9.73. The summed E-state index contributed by atoms with van der Waals surface area (Å²) in [6.07, 6.45) is 4.45. The number of nitro groups is 1. The third kappa shape index (κ3) is 3.45. The first-order valence-corrected chi connectivity index (χ1v) is 11.3. The fraction of sp³-hybridized carbons (Fsp3) is 0.480. The van der Waals surface area contributed by atoms with Crippen LogP contribution in [0.25, 0.3) is 0 Å². The Kier molecular flexibility index (Phi) is 5.16. The molecule has 0 spiro atoms. The Morgan fingerprint density at radius 1 is 1.19 bits per heavy atom. The van der Waals surface area contributed by atoms with Crippen molar-refractivity contribution in [3.8, 4) is 5.75 Å². The van der Waals surface area contributed by atoms with E-state index in [1.165, 1.54) is 17.7 Å². The molecule has 0 amide bonds. The number of rotatable bonds is 4. The molecule has 5 rings (SSSR count). The van der Waals surface area contributed by atoms with Crippen LogP contribution in [0.1, 0.15) is 61.6 Å². The molecular formula is C25H28N2O5. The number of aliphatic hydroxyl groups is 1. The second kappa shape index (κ2) is 7.89. The number of hydrogen-bond acceptors (Lipinski definition) is 6. The number of hydrogen-bond donors (Lipinski definition) is 2. The Bertz CT molecular complexity index is 1070. The number of phenols is 1. The second-order valence-electron chi connectivity index (χ2n) is 9.73. The van der Waals surface area contributed by atoms with E-state index in [0.29, 0.717) is 17.8 Å². The predicted octanol–water partition coefficient (Wildman–Crippen LogP) is 4.90. The van der Waals surface area contributed by atoms with Crippen molar-refractivity contribution in [1.82, 2.24) is 0 Å². The maximum atomic E-state index is 10.8. The van der Waals surface area contributed by atoms with Crippen molar-refractivity contribution in [2.75, 3.05) is 0 Å². The first-order chi connectivity index (χ1) is 15.4. The van der Waals surface area contributed by atoms with Gasteiger partial charge in [0.05, 0.1) is 16.7 Å². The largest absolute Gasteiger partial charge is 0.508 e. The zero-order valence-corrected chi connectivity index (χ0v) is 18.1. The van der Waals surface area contributed by atoms with Crippen LogP contribution in [0.2, 0.25) is 0 Å². The maximum Gasteiger partial charge on any atom is 0.269 e. The summed E-state index contributed by atoms with van der Waals surface area (Å²) in [6, 6.07) is 11.8. The summed E-state index contributed by atoms with van der Waals surface area (Å²) in [5, 5.41) is 36.1. The van der Waals surface area contributed by atoms with Gasteiger partial charge in [0.2, 0.25) is 0 Å². The highest BCUT2D eigenvalue weighted by Crippen LogP contribution is 2.61. The van der Waals surface area contributed by atoms with Gasteiger partial charge < -0.3 is 15.1 Å². The molecule has 0 unspecified atom stereocenters. The highest BCUT2D eigenvalue weighted by Gasteiger charge is 2.55. The van der Waals surface area contributed by atoms with Crippen LogP contribution in [0.4, 0.5) is 5.69 Å². The van der Waals surface area contributed by atoms with E-state index in [0.717, 1.165) is 48.9 Å². The summed E-state index contributed by atoms with van der Waals surface area (Å²) < 4.78 is 0. The average molecular weight is 437 g/mol. The molecule has 0 saturated heterocycles. The van der Waals surface area contributed by atoms with Crippen LogP contribution in [0, 0.1) is 27.4 Å². The smallest absolute Gasteiger partial charge is 0.269 e. The SMILES string of the molecule is C[C@]12CC[C@@H]3c4ccc(O)cc4C(=NOCc4ccc([N+](=O)[O-])cc4)C[C@H]3[C@@H]1CC[C@@H]2O. The van der Waals surface area contributed by atoms with Crippen LogP contribution < -0.4 is 0 Å². The molecule has 0 aliphatic heterocycles. The third-order valence-corrected chi connectivity index (χ3v) is 8.12. The van der Waals surface area contributed by atoms with Crippen molar-refractivity contribution >= 4 is 11.4 Å². The van der Waals surface area contributed by atoms with Gasteiger partial charge in [-0.25, -0.2) is 0 Å². The van der Waals surface area contributed by atoms with Crippen molar-refractivity contribution in [2.45, 2.75) is 57.7 Å². The van der Waals surface area contributed by atoms with Gasteiger partial charge in [0.25, 0.3) is 5.69 Å². The predicted molar refractivity (Wildman–Crippen MR) is 119 cm³/mol. The Balaban J connectivity index is 1.41. The van der Waals surface area contributed by atoms with Gasteiger partial charge in [-0.3, -0.25) is 10.1 Å². The lowest BCUT2D eigenvalue weighted by atomic mass is 9.55. The summed E-state index contributed by atoms with van der Waals surface area (Å²) in [5.74, 6) is 1.45.